The maximum atomic E-state index is 13.0. The van der Waals surface area contributed by atoms with Gasteiger partial charge in [-0.25, -0.2) is 9.10 Å². The maximum absolute atomic E-state index is 13.0. The first-order valence-electron chi connectivity index (χ1n) is 9.05. The van der Waals surface area contributed by atoms with Gasteiger partial charge in [0.05, 0.1) is 0 Å². The molecule has 8 heteroatoms. The maximum Gasteiger partial charge on any atom is 0.417 e. The molecule has 1 N–H and O–H groups in total. The lowest BCUT2D eigenvalue weighted by molar-refractivity contribution is -0.135. The summed E-state index contributed by atoms with van der Waals surface area (Å²) in [6, 6.07) is 24.1. The van der Waals surface area contributed by atoms with Crippen LogP contribution >= 0.6 is 11.9 Å². The molecule has 0 atom stereocenters. The van der Waals surface area contributed by atoms with E-state index in [9.17, 15) is 18.0 Å². The Morgan fingerprint density at radius 1 is 0.900 bits per heavy atom. The molecule has 0 aliphatic heterocycles. The normalized spacial score (nSPS) is 11.3. The predicted molar refractivity (Wildman–Crippen MR) is 111 cm³/mol. The summed E-state index contributed by atoms with van der Waals surface area (Å²) < 4.78 is 45.3. The van der Waals surface area contributed by atoms with Crippen LogP contribution < -0.4 is 10.1 Å². The molecule has 0 fully saturated rings. The Morgan fingerprint density at radius 2 is 1.50 bits per heavy atom. The molecule has 0 aromatic heterocycles. The van der Waals surface area contributed by atoms with Crippen LogP contribution in [0.25, 0.3) is 0 Å². The fourth-order valence-corrected chi connectivity index (χ4v) is 3.58. The Morgan fingerprint density at radius 3 is 2.10 bits per heavy atom. The number of rotatable bonds is 7. The van der Waals surface area contributed by atoms with Crippen molar-refractivity contribution in [3.8, 4) is 5.75 Å². The van der Waals surface area contributed by atoms with Crippen LogP contribution in [-0.2, 0) is 6.54 Å². The molecule has 0 heterocycles. The fourth-order valence-electron chi connectivity index (χ4n) is 2.59. The fraction of sp³-hybridized carbons (Fsp3) is 0.136. The second-order valence-electron chi connectivity index (χ2n) is 6.34. The third-order valence-electron chi connectivity index (χ3n) is 3.85. The van der Waals surface area contributed by atoms with Crippen LogP contribution in [0.4, 0.5) is 23.7 Å². The van der Waals surface area contributed by atoms with Gasteiger partial charge < -0.3 is 4.74 Å². The summed E-state index contributed by atoms with van der Waals surface area (Å²) in [6.45, 7) is -0.898. The largest absolute Gasteiger partial charge is 0.417 e. The average Bonchev–Trinajstić information content (AvgIpc) is 2.70. The van der Waals surface area contributed by atoms with Gasteiger partial charge >= 0.3 is 12.3 Å². The van der Waals surface area contributed by atoms with Gasteiger partial charge in [-0.3, -0.25) is 5.32 Å². The highest BCUT2D eigenvalue weighted by atomic mass is 32.2. The van der Waals surface area contributed by atoms with Crippen molar-refractivity contribution < 1.29 is 22.7 Å². The number of carbonyl (C=O) groups is 1. The van der Waals surface area contributed by atoms with Gasteiger partial charge in [0.15, 0.2) is 0 Å². The zero-order chi connectivity index (χ0) is 21.4. The summed E-state index contributed by atoms with van der Waals surface area (Å²) in [4.78, 5) is 12.6. The van der Waals surface area contributed by atoms with Gasteiger partial charge in [-0.15, -0.1) is 0 Å². The Bertz CT molecular complexity index is 936. The summed E-state index contributed by atoms with van der Waals surface area (Å²) in [5.74, 6) is 0.408. The molecule has 3 aromatic carbocycles. The molecule has 0 saturated heterocycles. The molecule has 156 valence electrons. The van der Waals surface area contributed by atoms with Crippen molar-refractivity contribution in [3.05, 3.63) is 90.5 Å². The Labute approximate surface area is 176 Å². The second-order valence-corrected chi connectivity index (χ2v) is 7.51. The van der Waals surface area contributed by atoms with E-state index in [0.717, 1.165) is 17.5 Å². The number of amides is 1. The van der Waals surface area contributed by atoms with Gasteiger partial charge in [0.2, 0.25) is 0 Å². The molecule has 3 aromatic rings. The highest BCUT2D eigenvalue weighted by molar-refractivity contribution is 7.97. The quantitative estimate of drug-likeness (QED) is 0.441. The summed E-state index contributed by atoms with van der Waals surface area (Å²) in [7, 11) is 0. The van der Waals surface area contributed by atoms with Crippen molar-refractivity contribution in [1.82, 2.24) is 4.31 Å². The summed E-state index contributed by atoms with van der Waals surface area (Å²) >= 11 is 1.01. The van der Waals surface area contributed by atoms with Crippen LogP contribution in [0.3, 0.4) is 0 Å². The third-order valence-corrected chi connectivity index (χ3v) is 4.85. The van der Waals surface area contributed by atoms with E-state index in [-0.39, 0.29) is 6.54 Å². The number of nitrogens with one attached hydrogen (secondary N) is 1. The highest BCUT2D eigenvalue weighted by Crippen LogP contribution is 2.29. The number of ether oxygens (including phenoxy) is 1. The smallest absolute Gasteiger partial charge is 0.410 e. The molecule has 0 spiro atoms. The first-order chi connectivity index (χ1) is 14.4. The topological polar surface area (TPSA) is 41.6 Å². The molecule has 0 aliphatic rings. The molecule has 0 radical (unpaired) electrons. The molecule has 0 unspecified atom stereocenters. The van der Waals surface area contributed by atoms with Crippen LogP contribution in [0.5, 0.6) is 5.75 Å². The van der Waals surface area contributed by atoms with Gasteiger partial charge in [-0.2, -0.15) is 13.2 Å². The van der Waals surface area contributed by atoms with E-state index in [2.05, 4.69) is 5.32 Å². The first kappa shape index (κ1) is 21.7. The van der Waals surface area contributed by atoms with Gasteiger partial charge in [0.25, 0.3) is 0 Å². The van der Waals surface area contributed by atoms with E-state index in [1.54, 1.807) is 78.9 Å². The molecule has 3 rings (SSSR count). The number of hydrogen-bond donors (Lipinski definition) is 1. The minimum absolute atomic E-state index is 0.147. The van der Waals surface area contributed by atoms with E-state index in [4.69, 9.17) is 4.74 Å². The number of hydrogen-bond acceptors (Lipinski definition) is 4. The van der Waals surface area contributed by atoms with Crippen LogP contribution in [0, 0.1) is 0 Å². The number of para-hydroxylation sites is 1. The summed E-state index contributed by atoms with van der Waals surface area (Å²) in [5, 5.41) is 2.58. The van der Waals surface area contributed by atoms with E-state index < -0.39 is 18.8 Å². The number of carbonyl (C=O) groups excluding carboxylic acids is 1. The van der Waals surface area contributed by atoms with Gasteiger partial charge in [0, 0.05) is 17.1 Å². The van der Waals surface area contributed by atoms with E-state index in [0.29, 0.717) is 16.3 Å². The molecule has 4 nitrogen and oxygen atoms in total. The van der Waals surface area contributed by atoms with Crippen LogP contribution in [0.15, 0.2) is 89.8 Å². The minimum atomic E-state index is -4.32. The lowest BCUT2D eigenvalue weighted by Crippen LogP contribution is -2.28. The SMILES string of the molecule is O=C(Nc1ccc(SN(Cc2ccccc2)CC(F)(F)F)cc1)Oc1ccccc1. The van der Waals surface area contributed by atoms with Gasteiger partial charge in [-0.05, 0) is 53.9 Å². The second kappa shape index (κ2) is 10.2. The number of benzene rings is 3. The lowest BCUT2D eigenvalue weighted by Gasteiger charge is -2.22. The summed E-state index contributed by atoms with van der Waals surface area (Å²) in [5.41, 5.74) is 1.27. The van der Waals surface area contributed by atoms with Crippen molar-refractivity contribution in [2.24, 2.45) is 0 Å². The van der Waals surface area contributed by atoms with Crippen molar-refractivity contribution in [2.75, 3.05) is 11.9 Å². The number of alkyl halides is 3. The van der Waals surface area contributed by atoms with Crippen molar-refractivity contribution in [3.63, 3.8) is 0 Å². The van der Waals surface area contributed by atoms with Crippen LogP contribution in [0.1, 0.15) is 5.56 Å². The lowest BCUT2D eigenvalue weighted by atomic mass is 10.2. The van der Waals surface area contributed by atoms with Crippen LogP contribution in [-0.4, -0.2) is 23.1 Å². The Balaban J connectivity index is 1.60. The molecular weight excluding hydrogens is 413 g/mol. The van der Waals surface area contributed by atoms with E-state index in [1.165, 1.54) is 4.31 Å². The summed E-state index contributed by atoms with van der Waals surface area (Å²) in [6.07, 6.45) is -4.96. The highest BCUT2D eigenvalue weighted by Gasteiger charge is 2.31. The molecule has 0 bridgehead atoms. The van der Waals surface area contributed by atoms with Crippen molar-refractivity contribution >= 4 is 23.7 Å². The monoisotopic (exact) mass is 432 g/mol. The molecule has 30 heavy (non-hydrogen) atoms. The number of nitrogens with zero attached hydrogens (tertiary/aromatic N) is 1. The number of halogens is 3. The molecule has 1 amide bonds. The van der Waals surface area contributed by atoms with E-state index >= 15 is 0 Å². The third kappa shape index (κ3) is 7.46. The Hall–Kier alpha value is -2.97. The average molecular weight is 432 g/mol. The van der Waals surface area contributed by atoms with Gasteiger partial charge in [0.1, 0.15) is 12.3 Å². The molecular formula is C22H19F3N2O2S. The predicted octanol–water partition coefficient (Wildman–Crippen LogP) is 6.37. The van der Waals surface area contributed by atoms with Crippen LogP contribution in [0.2, 0.25) is 0 Å². The zero-order valence-corrected chi connectivity index (χ0v) is 16.6. The zero-order valence-electron chi connectivity index (χ0n) is 15.8. The van der Waals surface area contributed by atoms with Crippen molar-refractivity contribution in [2.45, 2.75) is 17.6 Å². The Kier molecular flexibility index (Phi) is 7.37. The first-order valence-corrected chi connectivity index (χ1v) is 9.82. The molecule has 0 saturated carbocycles. The van der Waals surface area contributed by atoms with E-state index in [1.807, 2.05) is 6.07 Å². The molecule has 0 aliphatic carbocycles. The minimum Gasteiger partial charge on any atom is -0.410 e. The standard InChI is InChI=1S/C22H19F3N2O2S/c23-22(24,25)16-27(15-17-7-3-1-4-8-17)30-20-13-11-18(12-14-20)26-21(28)29-19-9-5-2-6-10-19/h1-14H,15-16H2,(H,26,28). The van der Waals surface area contributed by atoms with Crippen molar-refractivity contribution in [1.29, 1.82) is 0 Å². The number of anilines is 1. The van der Waals surface area contributed by atoms with Gasteiger partial charge in [-0.1, -0.05) is 48.5 Å².